The first kappa shape index (κ1) is 22.1. The van der Waals surface area contributed by atoms with E-state index in [2.05, 4.69) is 21.2 Å². The smallest absolute Gasteiger partial charge is 0.243 e. The van der Waals surface area contributed by atoms with E-state index >= 15 is 0 Å². The summed E-state index contributed by atoms with van der Waals surface area (Å²) in [5, 5.41) is 2.67. The average Bonchev–Trinajstić information content (AvgIpc) is 2.71. The van der Waals surface area contributed by atoms with Gasteiger partial charge < -0.3 is 5.32 Å². The highest BCUT2D eigenvalue weighted by Gasteiger charge is 2.27. The first-order valence-corrected chi connectivity index (χ1v) is 11.3. The van der Waals surface area contributed by atoms with E-state index < -0.39 is 28.3 Å². The van der Waals surface area contributed by atoms with Crippen molar-refractivity contribution in [1.29, 1.82) is 0 Å². The van der Waals surface area contributed by atoms with Crippen LogP contribution in [0.5, 0.6) is 0 Å². The lowest BCUT2D eigenvalue weighted by Crippen LogP contribution is -2.37. The Morgan fingerprint density at radius 1 is 1.00 bits per heavy atom. The van der Waals surface area contributed by atoms with Crippen LogP contribution in [0, 0.1) is 12.7 Å². The number of sulfonamides is 1. The molecular weight excluding hydrogens is 471 g/mol. The number of carbonyl (C=O) groups excluding carboxylic acids is 1. The number of hydrogen-bond donors (Lipinski definition) is 1. The quantitative estimate of drug-likeness (QED) is 0.520. The van der Waals surface area contributed by atoms with Crippen molar-refractivity contribution in [3.8, 4) is 0 Å². The standard InChI is InChI=1S/C22H20BrFN2O3S/c1-16-6-12-20(13-7-16)30(28,29)26(14-17-4-2-3-5-21(17)24)15-22(27)25-19-10-8-18(23)9-11-19/h2-13H,14-15H2,1H3,(H,25,27). The summed E-state index contributed by atoms with van der Waals surface area (Å²) in [5.74, 6) is -1.06. The van der Waals surface area contributed by atoms with Crippen LogP contribution in [0.2, 0.25) is 0 Å². The number of halogens is 2. The fourth-order valence-corrected chi connectivity index (χ4v) is 4.43. The van der Waals surface area contributed by atoms with E-state index in [9.17, 15) is 17.6 Å². The van der Waals surface area contributed by atoms with Gasteiger partial charge in [0.05, 0.1) is 11.4 Å². The molecule has 0 aliphatic carbocycles. The van der Waals surface area contributed by atoms with Gasteiger partial charge in [-0.05, 0) is 49.4 Å². The van der Waals surface area contributed by atoms with E-state index in [0.29, 0.717) is 5.69 Å². The molecule has 0 unspecified atom stereocenters. The highest BCUT2D eigenvalue weighted by atomic mass is 79.9. The van der Waals surface area contributed by atoms with Crippen LogP contribution in [0.3, 0.4) is 0 Å². The molecule has 3 aromatic rings. The van der Waals surface area contributed by atoms with Crippen LogP contribution in [0.1, 0.15) is 11.1 Å². The summed E-state index contributed by atoms with van der Waals surface area (Å²) < 4.78 is 42.4. The third-order valence-electron chi connectivity index (χ3n) is 4.41. The third kappa shape index (κ3) is 5.53. The zero-order valence-electron chi connectivity index (χ0n) is 16.2. The molecule has 1 N–H and O–H groups in total. The van der Waals surface area contributed by atoms with Crippen LogP contribution in [0.4, 0.5) is 10.1 Å². The Bertz CT molecular complexity index is 1130. The van der Waals surface area contributed by atoms with Gasteiger partial charge in [0.1, 0.15) is 5.82 Å². The number of nitrogens with one attached hydrogen (secondary N) is 1. The molecule has 0 heterocycles. The van der Waals surface area contributed by atoms with Crippen molar-refractivity contribution in [2.75, 3.05) is 11.9 Å². The molecule has 3 rings (SSSR count). The first-order chi connectivity index (χ1) is 14.3. The van der Waals surface area contributed by atoms with Crippen LogP contribution in [-0.4, -0.2) is 25.2 Å². The minimum absolute atomic E-state index is 0.0425. The minimum atomic E-state index is -4.03. The fourth-order valence-electron chi connectivity index (χ4n) is 2.80. The molecule has 0 aromatic heterocycles. The van der Waals surface area contributed by atoms with Gasteiger partial charge in [0.25, 0.3) is 0 Å². The number of carbonyl (C=O) groups is 1. The topological polar surface area (TPSA) is 66.5 Å². The van der Waals surface area contributed by atoms with Crippen LogP contribution in [0.25, 0.3) is 0 Å². The Labute approximate surface area is 183 Å². The highest BCUT2D eigenvalue weighted by molar-refractivity contribution is 9.10. The molecule has 0 saturated carbocycles. The van der Waals surface area contributed by atoms with Crippen molar-refractivity contribution in [2.45, 2.75) is 18.4 Å². The molecule has 5 nitrogen and oxygen atoms in total. The summed E-state index contributed by atoms with van der Waals surface area (Å²) in [6, 6.07) is 19.1. The van der Waals surface area contributed by atoms with Crippen LogP contribution < -0.4 is 5.32 Å². The van der Waals surface area contributed by atoms with E-state index in [1.54, 1.807) is 42.5 Å². The predicted octanol–water partition coefficient (Wildman–Crippen LogP) is 4.73. The van der Waals surface area contributed by atoms with Crippen molar-refractivity contribution in [1.82, 2.24) is 4.31 Å². The van der Waals surface area contributed by atoms with Crippen LogP contribution in [-0.2, 0) is 21.4 Å². The van der Waals surface area contributed by atoms with Gasteiger partial charge in [0.15, 0.2) is 0 Å². The fraction of sp³-hybridized carbons (Fsp3) is 0.136. The number of anilines is 1. The second-order valence-electron chi connectivity index (χ2n) is 6.73. The Morgan fingerprint density at radius 3 is 2.27 bits per heavy atom. The van der Waals surface area contributed by atoms with E-state index in [4.69, 9.17) is 0 Å². The number of hydrogen-bond acceptors (Lipinski definition) is 3. The average molecular weight is 491 g/mol. The zero-order valence-corrected chi connectivity index (χ0v) is 18.6. The summed E-state index contributed by atoms with van der Waals surface area (Å²) in [6.07, 6.45) is 0. The number of amides is 1. The molecular formula is C22H20BrFN2O3S. The Balaban J connectivity index is 1.88. The maximum Gasteiger partial charge on any atom is 0.243 e. The summed E-state index contributed by atoms with van der Waals surface area (Å²) in [6.45, 7) is 1.12. The van der Waals surface area contributed by atoms with E-state index in [-0.39, 0.29) is 17.0 Å². The van der Waals surface area contributed by atoms with E-state index in [1.807, 2.05) is 6.92 Å². The number of benzene rings is 3. The van der Waals surface area contributed by atoms with E-state index in [0.717, 1.165) is 14.3 Å². The number of nitrogens with zero attached hydrogens (tertiary/aromatic N) is 1. The van der Waals surface area contributed by atoms with Gasteiger partial charge in [0.2, 0.25) is 15.9 Å². The number of rotatable bonds is 7. The summed E-state index contributed by atoms with van der Waals surface area (Å²) in [7, 11) is -4.03. The molecule has 0 fully saturated rings. The first-order valence-electron chi connectivity index (χ1n) is 9.11. The normalized spacial score (nSPS) is 11.5. The lowest BCUT2D eigenvalue weighted by Gasteiger charge is -2.22. The zero-order chi connectivity index (χ0) is 21.7. The molecule has 0 saturated heterocycles. The summed E-state index contributed by atoms with van der Waals surface area (Å²) >= 11 is 3.32. The molecule has 3 aromatic carbocycles. The van der Waals surface area contributed by atoms with Crippen LogP contribution >= 0.6 is 15.9 Å². The highest BCUT2D eigenvalue weighted by Crippen LogP contribution is 2.21. The third-order valence-corrected chi connectivity index (χ3v) is 6.75. The molecule has 0 spiro atoms. The molecule has 0 bridgehead atoms. The Hall–Kier alpha value is -2.55. The van der Waals surface area contributed by atoms with Crippen molar-refractivity contribution >= 4 is 37.5 Å². The van der Waals surface area contributed by atoms with Gasteiger partial charge in [-0.25, -0.2) is 12.8 Å². The molecule has 8 heteroatoms. The summed E-state index contributed by atoms with van der Waals surface area (Å²) in [4.78, 5) is 12.6. The molecule has 156 valence electrons. The molecule has 0 aliphatic heterocycles. The summed E-state index contributed by atoms with van der Waals surface area (Å²) in [5.41, 5.74) is 1.62. The van der Waals surface area contributed by atoms with Gasteiger partial charge in [-0.15, -0.1) is 0 Å². The largest absolute Gasteiger partial charge is 0.325 e. The van der Waals surface area contributed by atoms with Crippen molar-refractivity contribution in [3.63, 3.8) is 0 Å². The lowest BCUT2D eigenvalue weighted by atomic mass is 10.2. The maximum absolute atomic E-state index is 14.2. The molecule has 1 amide bonds. The van der Waals surface area contributed by atoms with Gasteiger partial charge in [0, 0.05) is 22.3 Å². The van der Waals surface area contributed by atoms with E-state index in [1.165, 1.54) is 30.3 Å². The molecule has 0 atom stereocenters. The second kappa shape index (κ2) is 9.51. The maximum atomic E-state index is 14.2. The van der Waals surface area contributed by atoms with Crippen molar-refractivity contribution < 1.29 is 17.6 Å². The van der Waals surface area contributed by atoms with Gasteiger partial charge in [-0.1, -0.05) is 51.8 Å². The van der Waals surface area contributed by atoms with Crippen LogP contribution in [0.15, 0.2) is 82.2 Å². The Morgan fingerprint density at radius 2 is 1.63 bits per heavy atom. The predicted molar refractivity (Wildman–Crippen MR) is 118 cm³/mol. The minimum Gasteiger partial charge on any atom is -0.325 e. The lowest BCUT2D eigenvalue weighted by molar-refractivity contribution is -0.116. The SMILES string of the molecule is Cc1ccc(S(=O)(=O)N(CC(=O)Nc2ccc(Br)cc2)Cc2ccccc2F)cc1. The molecule has 0 aliphatic rings. The van der Waals surface area contributed by atoms with Gasteiger partial charge >= 0.3 is 0 Å². The van der Waals surface area contributed by atoms with Gasteiger partial charge in [-0.3, -0.25) is 4.79 Å². The van der Waals surface area contributed by atoms with Crippen molar-refractivity contribution in [2.24, 2.45) is 0 Å². The van der Waals surface area contributed by atoms with Gasteiger partial charge in [-0.2, -0.15) is 4.31 Å². The number of aryl methyl sites for hydroxylation is 1. The second-order valence-corrected chi connectivity index (χ2v) is 9.59. The van der Waals surface area contributed by atoms with Crippen molar-refractivity contribution in [3.05, 3.63) is 94.2 Å². The molecule has 0 radical (unpaired) electrons. The molecule has 30 heavy (non-hydrogen) atoms. The Kier molecular flexibility index (Phi) is 7.02. The monoisotopic (exact) mass is 490 g/mol.